The van der Waals surface area contributed by atoms with Crippen LogP contribution in [0.2, 0.25) is 0 Å². The Labute approximate surface area is 386 Å². The summed E-state index contributed by atoms with van der Waals surface area (Å²) >= 11 is 0. The molecule has 0 spiro atoms. The second kappa shape index (κ2) is 51.8. The summed E-state index contributed by atoms with van der Waals surface area (Å²) in [5.74, 6) is -0.855. The van der Waals surface area contributed by atoms with E-state index in [1.165, 1.54) is 205 Å². The fourth-order valence-electron chi connectivity index (χ4n) is 8.32. The molecule has 6 nitrogen and oxygen atoms in total. The Morgan fingerprint density at radius 2 is 0.532 bits per heavy atom. The molecule has 62 heavy (non-hydrogen) atoms. The smallest absolute Gasteiger partial charge is 0.306 e. The van der Waals surface area contributed by atoms with Crippen LogP contribution in [0.25, 0.3) is 0 Å². The van der Waals surface area contributed by atoms with Crippen LogP contribution in [0.4, 0.5) is 0 Å². The van der Waals surface area contributed by atoms with Crippen LogP contribution in [-0.2, 0) is 28.6 Å². The number of rotatable bonds is 51. The molecular formula is C56H106O6. The van der Waals surface area contributed by atoms with Crippen LogP contribution >= 0.6 is 0 Å². The maximum atomic E-state index is 12.8. The maximum absolute atomic E-state index is 12.8. The van der Waals surface area contributed by atoms with Gasteiger partial charge in [0.2, 0.25) is 0 Å². The largest absolute Gasteiger partial charge is 0.462 e. The Bertz CT molecular complexity index is 962. The lowest BCUT2D eigenvalue weighted by Gasteiger charge is -2.18. The van der Waals surface area contributed by atoms with Gasteiger partial charge in [-0.25, -0.2) is 0 Å². The summed E-state index contributed by atoms with van der Waals surface area (Å²) in [5, 5.41) is 0. The second-order valence-corrected chi connectivity index (χ2v) is 18.9. The van der Waals surface area contributed by atoms with Crippen molar-refractivity contribution < 1.29 is 28.6 Å². The Kier molecular flexibility index (Phi) is 50.2. The third kappa shape index (κ3) is 49.2. The van der Waals surface area contributed by atoms with Crippen molar-refractivity contribution >= 4 is 17.9 Å². The summed E-state index contributed by atoms with van der Waals surface area (Å²) < 4.78 is 16.8. The van der Waals surface area contributed by atoms with Gasteiger partial charge in [0.1, 0.15) is 13.2 Å². The van der Waals surface area contributed by atoms with E-state index in [1.54, 1.807) is 0 Å². The Balaban J connectivity index is 4.30. The van der Waals surface area contributed by atoms with Gasteiger partial charge >= 0.3 is 17.9 Å². The highest BCUT2D eigenvalue weighted by molar-refractivity contribution is 5.71. The highest BCUT2D eigenvalue weighted by Gasteiger charge is 2.19. The molecule has 0 bridgehead atoms. The van der Waals surface area contributed by atoms with Gasteiger partial charge in [-0.15, -0.1) is 0 Å². The van der Waals surface area contributed by atoms with Gasteiger partial charge in [-0.05, 0) is 44.9 Å². The molecule has 0 fully saturated rings. The molecule has 1 unspecified atom stereocenters. The molecule has 0 N–H and O–H groups in total. The molecule has 0 aromatic carbocycles. The van der Waals surface area contributed by atoms with Crippen molar-refractivity contribution in [2.75, 3.05) is 13.2 Å². The molecule has 6 heteroatoms. The van der Waals surface area contributed by atoms with E-state index in [-0.39, 0.29) is 31.1 Å². The van der Waals surface area contributed by atoms with E-state index in [1.807, 2.05) is 0 Å². The topological polar surface area (TPSA) is 78.9 Å². The van der Waals surface area contributed by atoms with Crippen molar-refractivity contribution in [2.45, 2.75) is 316 Å². The number of ether oxygens (including phenoxy) is 3. The fraction of sp³-hybridized carbons (Fsp3) is 0.911. The van der Waals surface area contributed by atoms with Crippen molar-refractivity contribution in [3.05, 3.63) is 12.2 Å². The number of carbonyl (C=O) groups excluding carboxylic acids is 3. The van der Waals surface area contributed by atoms with Crippen LogP contribution in [0.5, 0.6) is 0 Å². The summed E-state index contributed by atoms with van der Waals surface area (Å²) in [5.41, 5.74) is 0. The molecule has 0 saturated carbocycles. The van der Waals surface area contributed by atoms with E-state index in [0.717, 1.165) is 64.2 Å². The summed E-state index contributed by atoms with van der Waals surface area (Å²) in [7, 11) is 0. The van der Waals surface area contributed by atoms with Gasteiger partial charge in [0.15, 0.2) is 6.10 Å². The first kappa shape index (κ1) is 60.2. The molecule has 0 amide bonds. The van der Waals surface area contributed by atoms with Crippen molar-refractivity contribution in [2.24, 2.45) is 0 Å². The molecule has 0 radical (unpaired) electrons. The second-order valence-electron chi connectivity index (χ2n) is 18.9. The quantitative estimate of drug-likeness (QED) is 0.0262. The Hall–Kier alpha value is -1.85. The lowest BCUT2D eigenvalue weighted by atomic mass is 10.0. The van der Waals surface area contributed by atoms with Crippen molar-refractivity contribution in [3.63, 3.8) is 0 Å². The van der Waals surface area contributed by atoms with Gasteiger partial charge in [-0.3, -0.25) is 14.4 Å². The van der Waals surface area contributed by atoms with E-state index in [2.05, 4.69) is 32.9 Å². The van der Waals surface area contributed by atoms with Crippen LogP contribution in [0.1, 0.15) is 310 Å². The number of carbonyl (C=O) groups is 3. The van der Waals surface area contributed by atoms with Crippen LogP contribution in [-0.4, -0.2) is 37.2 Å². The zero-order chi connectivity index (χ0) is 45.1. The molecule has 0 aromatic rings. The summed E-state index contributed by atoms with van der Waals surface area (Å²) in [6.07, 6.45) is 57.7. The molecule has 0 heterocycles. The van der Waals surface area contributed by atoms with Crippen LogP contribution in [0.15, 0.2) is 12.2 Å². The number of esters is 3. The molecule has 1 atom stereocenters. The molecule has 0 aliphatic carbocycles. The average molecular weight is 875 g/mol. The molecule has 0 aliphatic heterocycles. The summed E-state index contributed by atoms with van der Waals surface area (Å²) in [6.45, 7) is 6.67. The van der Waals surface area contributed by atoms with E-state index in [9.17, 15) is 14.4 Å². The SMILES string of the molecule is CCCCCCCCCCC/C=C\CCCCCCCC(=O)OCC(COC(=O)CCCCCCCCCCCCCCC)OC(=O)CCCCCCCCCCCCCCC. The number of unbranched alkanes of at least 4 members (excludes halogenated alkanes) is 38. The first-order valence-corrected chi connectivity index (χ1v) is 27.7. The number of allylic oxidation sites excluding steroid dienone is 2. The van der Waals surface area contributed by atoms with Gasteiger partial charge in [-0.2, -0.15) is 0 Å². The minimum atomic E-state index is -0.766. The third-order valence-electron chi connectivity index (χ3n) is 12.5. The summed E-state index contributed by atoms with van der Waals surface area (Å²) in [6, 6.07) is 0. The predicted octanol–water partition coefficient (Wildman–Crippen LogP) is 18.2. The Morgan fingerprint density at radius 3 is 0.806 bits per heavy atom. The molecule has 0 rings (SSSR count). The van der Waals surface area contributed by atoms with Crippen LogP contribution in [0, 0.1) is 0 Å². The van der Waals surface area contributed by atoms with E-state index < -0.39 is 6.10 Å². The minimum Gasteiger partial charge on any atom is -0.462 e. The summed E-state index contributed by atoms with van der Waals surface area (Å²) in [4.78, 5) is 38.0. The van der Waals surface area contributed by atoms with Gasteiger partial charge in [0.05, 0.1) is 0 Å². The monoisotopic (exact) mass is 875 g/mol. The molecule has 0 aliphatic rings. The van der Waals surface area contributed by atoms with E-state index >= 15 is 0 Å². The third-order valence-corrected chi connectivity index (χ3v) is 12.5. The van der Waals surface area contributed by atoms with Crippen molar-refractivity contribution in [1.29, 1.82) is 0 Å². The normalized spacial score (nSPS) is 12.0. The lowest BCUT2D eigenvalue weighted by molar-refractivity contribution is -0.167. The first-order chi connectivity index (χ1) is 30.5. The Morgan fingerprint density at radius 1 is 0.306 bits per heavy atom. The molecule has 0 aromatic heterocycles. The van der Waals surface area contributed by atoms with Gasteiger partial charge in [0.25, 0.3) is 0 Å². The van der Waals surface area contributed by atoms with E-state index in [4.69, 9.17) is 14.2 Å². The van der Waals surface area contributed by atoms with Gasteiger partial charge in [-0.1, -0.05) is 258 Å². The van der Waals surface area contributed by atoms with E-state index in [0.29, 0.717) is 19.3 Å². The first-order valence-electron chi connectivity index (χ1n) is 27.7. The zero-order valence-electron chi connectivity index (χ0n) is 41.9. The van der Waals surface area contributed by atoms with Gasteiger partial charge in [0, 0.05) is 19.3 Å². The molecular weight excluding hydrogens is 769 g/mol. The molecule has 366 valence electrons. The highest BCUT2D eigenvalue weighted by atomic mass is 16.6. The predicted molar refractivity (Wildman–Crippen MR) is 266 cm³/mol. The lowest BCUT2D eigenvalue weighted by Crippen LogP contribution is -2.30. The number of hydrogen-bond donors (Lipinski definition) is 0. The van der Waals surface area contributed by atoms with Crippen LogP contribution in [0.3, 0.4) is 0 Å². The average Bonchev–Trinajstić information content (AvgIpc) is 3.27. The van der Waals surface area contributed by atoms with Crippen LogP contribution < -0.4 is 0 Å². The minimum absolute atomic E-state index is 0.0669. The van der Waals surface area contributed by atoms with Crippen molar-refractivity contribution in [3.8, 4) is 0 Å². The molecule has 0 saturated heterocycles. The van der Waals surface area contributed by atoms with Crippen molar-refractivity contribution in [1.82, 2.24) is 0 Å². The number of hydrogen-bond acceptors (Lipinski definition) is 6. The maximum Gasteiger partial charge on any atom is 0.306 e. The highest BCUT2D eigenvalue weighted by Crippen LogP contribution is 2.16. The fourth-order valence-corrected chi connectivity index (χ4v) is 8.32. The van der Waals surface area contributed by atoms with Gasteiger partial charge < -0.3 is 14.2 Å². The zero-order valence-corrected chi connectivity index (χ0v) is 41.9. The standard InChI is InChI=1S/C56H106O6/c1-4-7-10-13-16-19-22-25-26-27-28-29-32-34-37-40-43-46-49-55(58)61-52-53(62-56(59)50-47-44-41-38-35-31-24-21-18-15-12-9-6-3)51-60-54(57)48-45-42-39-36-33-30-23-20-17-14-11-8-5-2/h28-29,53H,4-27,30-52H2,1-3H3/b29-28-.